The smallest absolute Gasteiger partial charge is 0.212 e. The zero-order valence-corrected chi connectivity index (χ0v) is 13.0. The summed E-state index contributed by atoms with van der Waals surface area (Å²) in [6.45, 7) is 4.57. The Morgan fingerprint density at radius 3 is 2.50 bits per heavy atom. The topological polar surface area (TPSA) is 72.2 Å². The highest BCUT2D eigenvalue weighted by Gasteiger charge is 2.28. The lowest BCUT2D eigenvalue weighted by molar-refractivity contribution is 0.295. The second kappa shape index (κ2) is 8.35. The normalized spacial score (nSPS) is 26.4. The average Bonchev–Trinajstić information content (AvgIpc) is 2.28. The van der Waals surface area contributed by atoms with Crippen molar-refractivity contribution < 1.29 is 8.42 Å². The minimum Gasteiger partial charge on any atom is -0.330 e. The average molecular weight is 299 g/mol. The van der Waals surface area contributed by atoms with E-state index in [0.717, 1.165) is 25.7 Å². The number of sulfonamides is 1. The summed E-state index contributed by atoms with van der Waals surface area (Å²) in [5.74, 6) is 0.764. The van der Waals surface area contributed by atoms with Crippen molar-refractivity contribution in [2.24, 2.45) is 17.6 Å². The van der Waals surface area contributed by atoms with Crippen molar-refractivity contribution in [3.8, 4) is 0 Å². The molecule has 0 aromatic rings. The second-order valence-corrected chi connectivity index (χ2v) is 7.10. The molecule has 1 saturated carbocycles. The first-order chi connectivity index (χ1) is 7.98. The van der Waals surface area contributed by atoms with Crippen LogP contribution in [0.4, 0.5) is 0 Å². The Hall–Kier alpha value is 0.160. The molecule has 0 saturated heterocycles. The van der Waals surface area contributed by atoms with Crippen molar-refractivity contribution in [2.45, 2.75) is 52.0 Å². The predicted molar refractivity (Wildman–Crippen MR) is 78.4 cm³/mol. The van der Waals surface area contributed by atoms with Crippen LogP contribution in [-0.4, -0.2) is 26.8 Å². The molecule has 1 rings (SSSR count). The molecular weight excluding hydrogens is 272 g/mol. The van der Waals surface area contributed by atoms with Gasteiger partial charge in [0.25, 0.3) is 0 Å². The summed E-state index contributed by atoms with van der Waals surface area (Å²) in [4.78, 5) is 0. The number of halogens is 1. The van der Waals surface area contributed by atoms with Crippen molar-refractivity contribution in [3.63, 3.8) is 0 Å². The van der Waals surface area contributed by atoms with Gasteiger partial charge in [0.15, 0.2) is 0 Å². The summed E-state index contributed by atoms with van der Waals surface area (Å²) in [5.41, 5.74) is 5.71. The number of nitrogens with one attached hydrogen (secondary N) is 1. The maximum Gasteiger partial charge on any atom is 0.212 e. The monoisotopic (exact) mass is 298 g/mol. The summed E-state index contributed by atoms with van der Waals surface area (Å²) in [7, 11) is -3.14. The van der Waals surface area contributed by atoms with Crippen LogP contribution in [0.15, 0.2) is 0 Å². The molecule has 3 unspecified atom stereocenters. The fourth-order valence-electron chi connectivity index (χ4n) is 2.42. The molecule has 1 fully saturated rings. The highest BCUT2D eigenvalue weighted by atomic mass is 35.5. The van der Waals surface area contributed by atoms with Crippen LogP contribution in [0.2, 0.25) is 0 Å². The molecule has 0 aromatic heterocycles. The quantitative estimate of drug-likeness (QED) is 0.786. The molecule has 1 aliphatic carbocycles. The number of hydrogen-bond donors (Lipinski definition) is 2. The summed E-state index contributed by atoms with van der Waals surface area (Å²) in [6.07, 6.45) is 5.15. The second-order valence-electron chi connectivity index (χ2n) is 5.30. The third-order valence-corrected chi connectivity index (χ3v) is 5.41. The predicted octanol–water partition coefficient (Wildman–Crippen LogP) is 1.89. The number of hydrogen-bond acceptors (Lipinski definition) is 3. The first kappa shape index (κ1) is 18.2. The van der Waals surface area contributed by atoms with Gasteiger partial charge in [0, 0.05) is 6.04 Å². The van der Waals surface area contributed by atoms with Crippen LogP contribution >= 0.6 is 12.4 Å². The molecule has 0 spiro atoms. The molecule has 3 atom stereocenters. The lowest BCUT2D eigenvalue weighted by Crippen LogP contribution is -2.45. The summed E-state index contributed by atoms with van der Waals surface area (Å²) in [6, 6.07) is 0.0582. The third-order valence-electron chi connectivity index (χ3n) is 3.74. The molecular formula is C12H27ClN2O2S. The van der Waals surface area contributed by atoms with Gasteiger partial charge in [0.2, 0.25) is 10.0 Å². The Bertz CT molecular complexity index is 322. The van der Waals surface area contributed by atoms with E-state index in [0.29, 0.717) is 12.5 Å². The molecule has 18 heavy (non-hydrogen) atoms. The minimum absolute atomic E-state index is 0. The van der Waals surface area contributed by atoms with Gasteiger partial charge in [-0.25, -0.2) is 13.1 Å². The third kappa shape index (κ3) is 5.87. The SMILES string of the molecule is CCC(C)CS(=O)(=O)NC1CCCCC1CN.Cl. The van der Waals surface area contributed by atoms with Gasteiger partial charge in [0.1, 0.15) is 0 Å². The van der Waals surface area contributed by atoms with E-state index in [1.807, 2.05) is 13.8 Å². The van der Waals surface area contributed by atoms with E-state index in [4.69, 9.17) is 5.73 Å². The van der Waals surface area contributed by atoms with Crippen LogP contribution in [0.25, 0.3) is 0 Å². The molecule has 0 radical (unpaired) electrons. The van der Waals surface area contributed by atoms with Crippen LogP contribution in [0.5, 0.6) is 0 Å². The Morgan fingerprint density at radius 2 is 1.94 bits per heavy atom. The first-order valence-corrected chi connectivity index (χ1v) is 8.33. The molecule has 0 bridgehead atoms. The van der Waals surface area contributed by atoms with E-state index in [1.165, 1.54) is 6.42 Å². The highest BCUT2D eigenvalue weighted by molar-refractivity contribution is 7.89. The zero-order chi connectivity index (χ0) is 12.9. The Balaban J connectivity index is 0.00000289. The van der Waals surface area contributed by atoms with Crippen molar-refractivity contribution in [1.82, 2.24) is 4.72 Å². The van der Waals surface area contributed by atoms with Crippen molar-refractivity contribution in [3.05, 3.63) is 0 Å². The highest BCUT2D eigenvalue weighted by Crippen LogP contribution is 2.24. The van der Waals surface area contributed by atoms with Gasteiger partial charge < -0.3 is 5.73 Å². The van der Waals surface area contributed by atoms with Crippen LogP contribution < -0.4 is 10.5 Å². The molecule has 3 N–H and O–H groups in total. The van der Waals surface area contributed by atoms with Gasteiger partial charge in [-0.15, -0.1) is 12.4 Å². The van der Waals surface area contributed by atoms with E-state index in [-0.39, 0.29) is 30.1 Å². The number of nitrogens with two attached hydrogens (primary N) is 1. The fourth-order valence-corrected chi connectivity index (χ4v) is 4.27. The van der Waals surface area contributed by atoms with Crippen LogP contribution in [-0.2, 0) is 10.0 Å². The molecule has 0 amide bonds. The van der Waals surface area contributed by atoms with E-state index >= 15 is 0 Å². The minimum atomic E-state index is -3.14. The lowest BCUT2D eigenvalue weighted by atomic mass is 9.85. The van der Waals surface area contributed by atoms with Crippen LogP contribution in [0, 0.1) is 11.8 Å². The largest absolute Gasteiger partial charge is 0.330 e. The van der Waals surface area contributed by atoms with Gasteiger partial charge in [-0.2, -0.15) is 0 Å². The van der Waals surface area contributed by atoms with Gasteiger partial charge in [-0.05, 0) is 31.2 Å². The Labute approximate surface area is 118 Å². The molecule has 0 aliphatic heterocycles. The summed E-state index contributed by atoms with van der Waals surface area (Å²) < 4.78 is 26.8. The lowest BCUT2D eigenvalue weighted by Gasteiger charge is -2.31. The van der Waals surface area contributed by atoms with Crippen molar-refractivity contribution in [1.29, 1.82) is 0 Å². The maximum atomic E-state index is 12.0. The van der Waals surface area contributed by atoms with Crippen LogP contribution in [0.1, 0.15) is 46.0 Å². The van der Waals surface area contributed by atoms with E-state index in [9.17, 15) is 8.42 Å². The zero-order valence-electron chi connectivity index (χ0n) is 11.4. The van der Waals surface area contributed by atoms with Crippen molar-refractivity contribution in [2.75, 3.05) is 12.3 Å². The maximum absolute atomic E-state index is 12.0. The van der Waals surface area contributed by atoms with Crippen LogP contribution in [0.3, 0.4) is 0 Å². The molecule has 6 heteroatoms. The fraction of sp³-hybridized carbons (Fsp3) is 1.00. The molecule has 0 aromatic carbocycles. The van der Waals surface area contributed by atoms with Gasteiger partial charge >= 0.3 is 0 Å². The summed E-state index contributed by atoms with van der Waals surface area (Å²) in [5, 5.41) is 0. The van der Waals surface area contributed by atoms with E-state index in [2.05, 4.69) is 4.72 Å². The Morgan fingerprint density at radius 1 is 1.33 bits per heavy atom. The van der Waals surface area contributed by atoms with E-state index < -0.39 is 10.0 Å². The number of rotatable bonds is 6. The molecule has 110 valence electrons. The van der Waals surface area contributed by atoms with Gasteiger partial charge in [0.05, 0.1) is 5.75 Å². The molecule has 4 nitrogen and oxygen atoms in total. The van der Waals surface area contributed by atoms with Crippen molar-refractivity contribution >= 4 is 22.4 Å². The molecule has 1 aliphatic rings. The first-order valence-electron chi connectivity index (χ1n) is 6.68. The standard InChI is InChI=1S/C12H26N2O2S.ClH/c1-3-10(2)9-17(15,16)14-12-7-5-4-6-11(12)8-13;/h10-12,14H,3-9,13H2,1-2H3;1H. The van der Waals surface area contributed by atoms with Gasteiger partial charge in [-0.3, -0.25) is 0 Å². The Kier molecular flexibility index (Phi) is 8.43. The van der Waals surface area contributed by atoms with E-state index in [1.54, 1.807) is 0 Å². The molecule has 0 heterocycles. The summed E-state index contributed by atoms with van der Waals surface area (Å²) >= 11 is 0. The van der Waals surface area contributed by atoms with Gasteiger partial charge in [-0.1, -0.05) is 33.1 Å².